The van der Waals surface area contributed by atoms with Gasteiger partial charge in [-0.25, -0.2) is 14.4 Å². The van der Waals surface area contributed by atoms with Crippen LogP contribution in [-0.2, 0) is 38.0 Å². The molecule has 2 saturated carbocycles. The summed E-state index contributed by atoms with van der Waals surface area (Å²) in [6.07, 6.45) is -1.77. The van der Waals surface area contributed by atoms with Crippen molar-refractivity contribution in [2.45, 2.75) is 58.3 Å². The summed E-state index contributed by atoms with van der Waals surface area (Å²) in [6, 6.07) is 0. The average molecular weight is 454 g/mol. The van der Waals surface area contributed by atoms with Crippen LogP contribution in [0.2, 0.25) is 0 Å². The van der Waals surface area contributed by atoms with Gasteiger partial charge in [-0.1, -0.05) is 0 Å². The van der Waals surface area contributed by atoms with E-state index in [1.807, 2.05) is 0 Å². The predicted molar refractivity (Wildman–Crippen MR) is 101 cm³/mol. The summed E-state index contributed by atoms with van der Waals surface area (Å²) in [4.78, 5) is 47.1. The number of carbonyl (C=O) groups is 4. The molecule has 2 rings (SSSR count). The fourth-order valence-corrected chi connectivity index (χ4v) is 3.52. The summed E-state index contributed by atoms with van der Waals surface area (Å²) in [7, 11) is 0. The normalized spacial score (nSPS) is 26.2. The van der Waals surface area contributed by atoms with Gasteiger partial charge in [0.1, 0.15) is 5.54 Å². The summed E-state index contributed by atoms with van der Waals surface area (Å²) in [5.41, 5.74) is 4.81. The predicted octanol–water partition coefficient (Wildman–Crippen LogP) is 1.89. The minimum Gasteiger partial charge on any atom is -0.431 e. The van der Waals surface area contributed by atoms with Crippen LogP contribution in [0.5, 0.6) is 0 Å². The van der Waals surface area contributed by atoms with Gasteiger partial charge in [-0.05, 0) is 46.5 Å². The first-order valence-corrected chi connectivity index (χ1v) is 9.35. The molecule has 0 saturated heterocycles. The highest BCUT2D eigenvalue weighted by Gasteiger charge is 2.70. The Kier molecular flexibility index (Phi) is 9.16. The number of rotatable bonds is 8. The molecule has 0 aromatic carbocycles. The maximum Gasteiger partial charge on any atom is 0.511 e. The highest BCUT2D eigenvalue weighted by molar-refractivity contribution is 5.87. The lowest BCUT2D eigenvalue weighted by molar-refractivity contribution is -0.162. The quantitative estimate of drug-likeness (QED) is 0.326. The molecule has 0 spiro atoms. The fourth-order valence-electron chi connectivity index (χ4n) is 3.52. The Morgan fingerprint density at radius 3 is 1.90 bits per heavy atom. The second kappa shape index (κ2) is 10.7. The first kappa shape index (κ1) is 25.8. The number of ether oxygens (including phenoxy) is 6. The van der Waals surface area contributed by atoms with Crippen LogP contribution in [0.1, 0.15) is 40.5 Å². The van der Waals surface area contributed by atoms with Crippen LogP contribution in [-0.4, -0.2) is 55.6 Å². The number of halogens is 1. The molecule has 0 amide bonds. The minimum atomic E-state index is -1.38. The monoisotopic (exact) mass is 453 g/mol. The van der Waals surface area contributed by atoms with Gasteiger partial charge >= 0.3 is 24.2 Å². The van der Waals surface area contributed by atoms with Crippen LogP contribution in [0, 0.1) is 17.8 Å². The molecule has 4 atom stereocenters. The van der Waals surface area contributed by atoms with Gasteiger partial charge in [0.05, 0.1) is 18.1 Å². The highest BCUT2D eigenvalue weighted by Crippen LogP contribution is 2.62. The van der Waals surface area contributed by atoms with E-state index < -0.39 is 55.2 Å². The van der Waals surface area contributed by atoms with Crippen LogP contribution in [0.3, 0.4) is 0 Å². The van der Waals surface area contributed by atoms with Crippen LogP contribution in [0.15, 0.2) is 0 Å². The maximum atomic E-state index is 12.4. The molecule has 0 aliphatic heterocycles. The zero-order valence-corrected chi connectivity index (χ0v) is 18.1. The Morgan fingerprint density at radius 2 is 1.40 bits per heavy atom. The van der Waals surface area contributed by atoms with Crippen molar-refractivity contribution in [1.29, 1.82) is 0 Å². The standard InChI is InChI=1S/C18H27NO10.ClH/c1-9(2)28-16(22)26-7-24-14(20)12-11-5-6-18(19,13(11)12)15(21)25-8-27-17(23)29-10(3)4;/h9-13H,5-8,19H2,1-4H3;1H/t11-,12-,13-,18-;/m0./s1. The van der Waals surface area contributed by atoms with E-state index in [4.69, 9.17) is 24.7 Å². The summed E-state index contributed by atoms with van der Waals surface area (Å²) in [5, 5.41) is 0. The molecule has 172 valence electrons. The SMILES string of the molecule is CC(C)OC(=O)OCOC(=O)[C@H]1[C@@H]2CC[C@@](N)(C(=O)OCOC(=O)OC(C)C)[C@@H]21.Cl. The van der Waals surface area contributed by atoms with Gasteiger partial charge in [0.15, 0.2) is 0 Å². The van der Waals surface area contributed by atoms with E-state index in [2.05, 4.69) is 9.47 Å². The Hall–Kier alpha value is -2.27. The number of nitrogens with two attached hydrogens (primary N) is 1. The molecule has 0 bridgehead atoms. The molecule has 0 aromatic heterocycles. The first-order chi connectivity index (χ1) is 13.6. The lowest BCUT2D eigenvalue weighted by Crippen LogP contribution is -2.51. The lowest BCUT2D eigenvalue weighted by Gasteiger charge is -2.24. The van der Waals surface area contributed by atoms with Crippen LogP contribution < -0.4 is 5.73 Å². The molecular formula is C18H28ClNO10. The summed E-state index contributed by atoms with van der Waals surface area (Å²) in [6.45, 7) is 5.36. The number of carbonyl (C=O) groups excluding carboxylic acids is 4. The van der Waals surface area contributed by atoms with Crippen LogP contribution in [0.4, 0.5) is 9.59 Å². The van der Waals surface area contributed by atoms with Crippen molar-refractivity contribution in [2.75, 3.05) is 13.6 Å². The van der Waals surface area contributed by atoms with Crippen molar-refractivity contribution in [1.82, 2.24) is 0 Å². The number of hydrogen-bond acceptors (Lipinski definition) is 11. The van der Waals surface area contributed by atoms with Crippen molar-refractivity contribution in [3.05, 3.63) is 0 Å². The van der Waals surface area contributed by atoms with Crippen molar-refractivity contribution in [3.8, 4) is 0 Å². The third-order valence-corrected chi connectivity index (χ3v) is 4.72. The Bertz CT molecular complexity index is 655. The highest BCUT2D eigenvalue weighted by atomic mass is 35.5. The van der Waals surface area contributed by atoms with Gasteiger partial charge in [-0.2, -0.15) is 0 Å². The van der Waals surface area contributed by atoms with E-state index in [1.165, 1.54) is 0 Å². The summed E-state index contributed by atoms with van der Waals surface area (Å²) >= 11 is 0. The topological polar surface area (TPSA) is 150 Å². The van der Waals surface area contributed by atoms with Gasteiger partial charge in [-0.15, -0.1) is 12.4 Å². The Morgan fingerprint density at radius 1 is 0.900 bits per heavy atom. The van der Waals surface area contributed by atoms with Crippen LogP contribution >= 0.6 is 12.4 Å². The number of hydrogen-bond donors (Lipinski definition) is 1. The summed E-state index contributed by atoms with van der Waals surface area (Å²) < 4.78 is 28.6. The second-order valence-electron chi connectivity index (χ2n) is 7.55. The van der Waals surface area contributed by atoms with Crippen LogP contribution in [0.25, 0.3) is 0 Å². The molecule has 0 heterocycles. The van der Waals surface area contributed by atoms with E-state index in [9.17, 15) is 19.2 Å². The van der Waals surface area contributed by atoms with Gasteiger partial charge < -0.3 is 34.2 Å². The first-order valence-electron chi connectivity index (χ1n) is 9.35. The molecule has 2 aliphatic rings. The molecule has 0 aromatic rings. The molecule has 2 N–H and O–H groups in total. The van der Waals surface area contributed by atoms with E-state index in [0.29, 0.717) is 12.8 Å². The largest absolute Gasteiger partial charge is 0.511 e. The zero-order chi connectivity index (χ0) is 21.8. The van der Waals surface area contributed by atoms with E-state index in [-0.39, 0.29) is 30.5 Å². The van der Waals surface area contributed by atoms with Crippen molar-refractivity contribution < 1.29 is 47.6 Å². The lowest BCUT2D eigenvalue weighted by atomic mass is 9.91. The van der Waals surface area contributed by atoms with Gasteiger partial charge in [0.25, 0.3) is 0 Å². The summed E-state index contributed by atoms with van der Waals surface area (Å²) in [5.74, 6) is -2.54. The van der Waals surface area contributed by atoms with Gasteiger partial charge in [0, 0.05) is 5.92 Å². The van der Waals surface area contributed by atoms with Crippen molar-refractivity contribution >= 4 is 36.7 Å². The zero-order valence-electron chi connectivity index (χ0n) is 17.3. The molecule has 11 nitrogen and oxygen atoms in total. The molecule has 2 fully saturated rings. The molecular weight excluding hydrogens is 426 g/mol. The Balaban J connectivity index is 0.00000450. The number of esters is 2. The molecule has 12 heteroatoms. The number of fused-ring (bicyclic) bond motifs is 1. The average Bonchev–Trinajstić information content (AvgIpc) is 3.24. The van der Waals surface area contributed by atoms with Crippen molar-refractivity contribution in [3.63, 3.8) is 0 Å². The van der Waals surface area contributed by atoms with Gasteiger partial charge in [0.2, 0.25) is 13.6 Å². The Labute approximate surface area is 180 Å². The molecule has 2 aliphatic carbocycles. The van der Waals surface area contributed by atoms with E-state index >= 15 is 0 Å². The van der Waals surface area contributed by atoms with E-state index in [1.54, 1.807) is 27.7 Å². The minimum absolute atomic E-state index is 0. The second-order valence-corrected chi connectivity index (χ2v) is 7.55. The van der Waals surface area contributed by atoms with Crippen molar-refractivity contribution in [2.24, 2.45) is 23.5 Å². The fraction of sp³-hybridized carbons (Fsp3) is 0.778. The van der Waals surface area contributed by atoms with E-state index in [0.717, 1.165) is 0 Å². The molecule has 0 radical (unpaired) electrons. The molecule has 30 heavy (non-hydrogen) atoms. The van der Waals surface area contributed by atoms with Gasteiger partial charge in [-0.3, -0.25) is 4.79 Å². The third-order valence-electron chi connectivity index (χ3n) is 4.72. The third kappa shape index (κ3) is 6.36. The maximum absolute atomic E-state index is 12.4. The smallest absolute Gasteiger partial charge is 0.431 e. The molecule has 0 unspecified atom stereocenters.